The molecule has 1 aromatic carbocycles. The summed E-state index contributed by atoms with van der Waals surface area (Å²) in [6.07, 6.45) is 0.111. The van der Waals surface area contributed by atoms with Gasteiger partial charge in [0.05, 0.1) is 10.6 Å². The zero-order valence-electron chi connectivity index (χ0n) is 10.4. The lowest BCUT2D eigenvalue weighted by Crippen LogP contribution is -2.23. The molecule has 0 fully saturated rings. The minimum atomic E-state index is -1.21. The van der Waals surface area contributed by atoms with Gasteiger partial charge in [-0.1, -0.05) is 17.7 Å². The van der Waals surface area contributed by atoms with E-state index < -0.39 is 17.7 Å². The molecule has 5 nitrogen and oxygen atoms in total. The largest absolute Gasteiger partial charge is 0.476 e. The number of nitrogens with zero attached hydrogens (tertiary/aromatic N) is 1. The lowest BCUT2D eigenvalue weighted by molar-refractivity contribution is -0.116. The van der Waals surface area contributed by atoms with Crippen LogP contribution < -0.4 is 5.32 Å². The minimum Gasteiger partial charge on any atom is -0.476 e. The van der Waals surface area contributed by atoms with E-state index in [2.05, 4.69) is 9.69 Å². The summed E-state index contributed by atoms with van der Waals surface area (Å²) in [4.78, 5) is 23.5. The molecule has 1 atom stereocenters. The molecule has 0 aliphatic carbocycles. The predicted molar refractivity (Wildman–Crippen MR) is 75.6 cm³/mol. The van der Waals surface area contributed by atoms with Crippen molar-refractivity contribution in [3.8, 4) is 0 Å². The summed E-state index contributed by atoms with van der Waals surface area (Å²) in [5.41, 5.74) is 0.593. The van der Waals surface area contributed by atoms with Crippen molar-refractivity contribution in [1.82, 2.24) is 4.37 Å². The Morgan fingerprint density at radius 2 is 2.29 bits per heavy atom. The maximum Gasteiger partial charge on any atom is 0.357 e. The van der Waals surface area contributed by atoms with Gasteiger partial charge in [-0.2, -0.15) is 4.37 Å². The predicted octanol–water partition coefficient (Wildman–Crippen LogP) is 3.11. The average Bonchev–Trinajstić information content (AvgIpc) is 2.81. The van der Waals surface area contributed by atoms with Crippen molar-refractivity contribution in [3.05, 3.63) is 45.2 Å². The van der Waals surface area contributed by atoms with Crippen LogP contribution in [0.4, 0.5) is 10.1 Å². The number of carbonyl (C=O) groups excluding carboxylic acids is 1. The zero-order chi connectivity index (χ0) is 15.1. The smallest absolute Gasteiger partial charge is 0.357 e. The second-order valence-corrected chi connectivity index (χ2v) is 5.76. The normalized spacial score (nSPS) is 17.2. The maximum atomic E-state index is 13.1. The Kier molecular flexibility index (Phi) is 3.38. The van der Waals surface area contributed by atoms with Crippen LogP contribution in [-0.2, 0) is 4.79 Å². The van der Waals surface area contributed by atoms with Gasteiger partial charge in [-0.25, -0.2) is 9.18 Å². The molecule has 0 saturated carbocycles. The highest BCUT2D eigenvalue weighted by atomic mass is 35.5. The fraction of sp³-hybridized carbons (Fsp3) is 0.154. The molecular formula is C13H8ClFN2O3S. The standard InChI is InChI=1S/C13H8ClFN2O3S/c14-8-3-5(15)1-2-6(8)7-4-9(18)16-10-11(13(19)20)17-21-12(7)10/h1-3,7H,4H2,(H,16,18)(H,19,20). The van der Waals surface area contributed by atoms with Crippen molar-refractivity contribution in [2.75, 3.05) is 5.32 Å². The number of aromatic carboxylic acids is 1. The van der Waals surface area contributed by atoms with E-state index in [-0.39, 0.29) is 28.7 Å². The fourth-order valence-electron chi connectivity index (χ4n) is 2.31. The molecule has 2 N–H and O–H groups in total. The van der Waals surface area contributed by atoms with Crippen molar-refractivity contribution in [3.63, 3.8) is 0 Å². The first-order valence-electron chi connectivity index (χ1n) is 5.95. The second-order valence-electron chi connectivity index (χ2n) is 4.55. The number of fused-ring (bicyclic) bond motifs is 1. The molecule has 1 aliphatic heterocycles. The third kappa shape index (κ3) is 2.38. The molecule has 8 heteroatoms. The Bertz CT molecular complexity index is 762. The molecule has 0 bridgehead atoms. The van der Waals surface area contributed by atoms with Crippen LogP contribution in [0, 0.1) is 5.82 Å². The summed E-state index contributed by atoms with van der Waals surface area (Å²) in [6, 6.07) is 3.93. The van der Waals surface area contributed by atoms with Gasteiger partial charge in [-0.05, 0) is 29.2 Å². The number of anilines is 1. The first-order chi connectivity index (χ1) is 9.97. The number of rotatable bonds is 2. The number of hydrogen-bond donors (Lipinski definition) is 2. The average molecular weight is 327 g/mol. The molecule has 0 spiro atoms. The van der Waals surface area contributed by atoms with Crippen LogP contribution in [0.3, 0.4) is 0 Å². The van der Waals surface area contributed by atoms with Gasteiger partial charge in [0.1, 0.15) is 5.82 Å². The molecule has 2 heterocycles. The van der Waals surface area contributed by atoms with Crippen LogP contribution in [0.15, 0.2) is 18.2 Å². The highest BCUT2D eigenvalue weighted by Gasteiger charge is 2.34. The SMILES string of the molecule is O=C1CC(c2ccc(F)cc2Cl)c2snc(C(=O)O)c2N1. The van der Waals surface area contributed by atoms with E-state index in [1.54, 1.807) is 0 Å². The van der Waals surface area contributed by atoms with E-state index in [4.69, 9.17) is 16.7 Å². The minimum absolute atomic E-state index is 0.111. The molecule has 108 valence electrons. The molecule has 1 unspecified atom stereocenters. The van der Waals surface area contributed by atoms with Crippen molar-refractivity contribution in [1.29, 1.82) is 0 Å². The maximum absolute atomic E-state index is 13.1. The summed E-state index contributed by atoms with van der Waals surface area (Å²) >= 11 is 7.04. The van der Waals surface area contributed by atoms with Gasteiger partial charge in [0.25, 0.3) is 0 Å². The van der Waals surface area contributed by atoms with Crippen molar-refractivity contribution >= 4 is 40.7 Å². The molecule has 1 amide bonds. The molecule has 0 saturated heterocycles. The van der Waals surface area contributed by atoms with Gasteiger partial charge in [-0.15, -0.1) is 0 Å². The third-order valence-corrected chi connectivity index (χ3v) is 4.52. The first kappa shape index (κ1) is 14.0. The number of halogens is 2. The van der Waals surface area contributed by atoms with Gasteiger partial charge in [-0.3, -0.25) is 4.79 Å². The Balaban J connectivity index is 2.13. The molecule has 3 rings (SSSR count). The van der Waals surface area contributed by atoms with E-state index >= 15 is 0 Å². The van der Waals surface area contributed by atoms with E-state index in [1.807, 2.05) is 0 Å². The Morgan fingerprint density at radius 1 is 1.52 bits per heavy atom. The molecule has 1 aliphatic rings. The fourth-order valence-corrected chi connectivity index (χ4v) is 3.55. The van der Waals surface area contributed by atoms with E-state index in [1.165, 1.54) is 18.2 Å². The van der Waals surface area contributed by atoms with Crippen LogP contribution in [0.2, 0.25) is 5.02 Å². The summed E-state index contributed by atoms with van der Waals surface area (Å²) in [5, 5.41) is 11.8. The van der Waals surface area contributed by atoms with Crippen molar-refractivity contribution in [2.24, 2.45) is 0 Å². The number of hydrogen-bond acceptors (Lipinski definition) is 4. The van der Waals surface area contributed by atoms with Gasteiger partial charge < -0.3 is 10.4 Å². The Hall–Kier alpha value is -1.99. The molecule has 1 aromatic heterocycles. The topological polar surface area (TPSA) is 79.3 Å². The van der Waals surface area contributed by atoms with E-state index in [0.717, 1.165) is 11.5 Å². The summed E-state index contributed by atoms with van der Waals surface area (Å²) in [7, 11) is 0. The number of benzene rings is 1. The second kappa shape index (κ2) is 5.09. The lowest BCUT2D eigenvalue weighted by atomic mass is 9.90. The summed E-state index contributed by atoms with van der Waals surface area (Å²) in [5.74, 6) is -2.43. The summed E-state index contributed by atoms with van der Waals surface area (Å²) < 4.78 is 17.0. The van der Waals surface area contributed by atoms with Gasteiger partial charge in [0, 0.05) is 17.4 Å². The first-order valence-corrected chi connectivity index (χ1v) is 7.10. The number of carboxylic acids is 1. The van der Waals surface area contributed by atoms with Crippen molar-refractivity contribution in [2.45, 2.75) is 12.3 Å². The van der Waals surface area contributed by atoms with Gasteiger partial charge in [0.2, 0.25) is 5.91 Å². The van der Waals surface area contributed by atoms with Crippen LogP contribution in [0.25, 0.3) is 0 Å². The van der Waals surface area contributed by atoms with Crippen LogP contribution >= 0.6 is 23.1 Å². The number of nitrogens with one attached hydrogen (secondary N) is 1. The third-order valence-electron chi connectivity index (χ3n) is 3.23. The van der Waals surface area contributed by atoms with E-state index in [0.29, 0.717) is 10.4 Å². The molecule has 21 heavy (non-hydrogen) atoms. The van der Waals surface area contributed by atoms with Crippen LogP contribution in [0.1, 0.15) is 33.3 Å². The molecular weight excluding hydrogens is 319 g/mol. The van der Waals surface area contributed by atoms with Crippen molar-refractivity contribution < 1.29 is 19.1 Å². The Labute approximate surface area is 127 Å². The van der Waals surface area contributed by atoms with Crippen LogP contribution in [0.5, 0.6) is 0 Å². The quantitative estimate of drug-likeness (QED) is 0.888. The Morgan fingerprint density at radius 3 is 2.95 bits per heavy atom. The van der Waals surface area contributed by atoms with Gasteiger partial charge in [0.15, 0.2) is 5.69 Å². The van der Waals surface area contributed by atoms with E-state index in [9.17, 15) is 14.0 Å². The molecule has 0 radical (unpaired) electrons. The summed E-state index contributed by atoms with van der Waals surface area (Å²) in [6.45, 7) is 0. The monoisotopic (exact) mass is 326 g/mol. The molecule has 2 aromatic rings. The van der Waals surface area contributed by atoms with Crippen LogP contribution in [-0.4, -0.2) is 21.4 Å². The number of aromatic nitrogens is 1. The number of amides is 1. The number of carbonyl (C=O) groups is 2. The highest BCUT2D eigenvalue weighted by molar-refractivity contribution is 7.06. The lowest BCUT2D eigenvalue weighted by Gasteiger charge is -2.23. The highest BCUT2D eigenvalue weighted by Crippen LogP contribution is 2.43. The number of carboxylic acid groups (broad SMARTS) is 1. The van der Waals surface area contributed by atoms with Gasteiger partial charge >= 0.3 is 5.97 Å². The zero-order valence-corrected chi connectivity index (χ0v) is 12.0.